The summed E-state index contributed by atoms with van der Waals surface area (Å²) in [5, 5.41) is 11.3. The van der Waals surface area contributed by atoms with Gasteiger partial charge < -0.3 is 14.2 Å². The number of aliphatic imine (C=N–C) groups is 1. The van der Waals surface area contributed by atoms with Gasteiger partial charge in [0.05, 0.1) is 39.3 Å². The van der Waals surface area contributed by atoms with Gasteiger partial charge in [-0.15, -0.1) is 5.10 Å². The van der Waals surface area contributed by atoms with Gasteiger partial charge in [0.1, 0.15) is 11.3 Å². The second kappa shape index (κ2) is 11.1. The lowest BCUT2D eigenvalue weighted by molar-refractivity contribution is -0.119. The lowest BCUT2D eigenvalue weighted by Crippen LogP contribution is -2.37. The lowest BCUT2D eigenvalue weighted by atomic mass is 10.1. The number of hydrogen-bond acceptors (Lipinski definition) is 7. The minimum absolute atomic E-state index is 0.120. The largest absolute Gasteiger partial charge is 0.494 e. The van der Waals surface area contributed by atoms with E-state index in [-0.39, 0.29) is 18.3 Å². The number of nitrogens with one attached hydrogen (secondary N) is 1. The highest BCUT2D eigenvalue weighted by Crippen LogP contribution is 2.27. The zero-order chi connectivity index (χ0) is 24.6. The average molecular weight is 474 g/mol. The molecule has 0 fully saturated rings. The van der Waals surface area contributed by atoms with E-state index < -0.39 is 0 Å². The molecule has 4 aromatic rings. The molecule has 0 radical (unpaired) electrons. The average Bonchev–Trinajstić information content (AvgIpc) is 3.31. The van der Waals surface area contributed by atoms with E-state index in [0.29, 0.717) is 30.2 Å². The number of nitrogens with zero attached hydrogens (tertiary/aromatic N) is 4. The number of methoxy groups -OCH3 is 2. The molecule has 9 heteroatoms. The summed E-state index contributed by atoms with van der Waals surface area (Å²) >= 11 is 0. The fourth-order valence-corrected chi connectivity index (χ4v) is 3.55. The smallest absolute Gasteiger partial charge is 0.231 e. The fraction of sp³-hybridized carbons (Fsp3) is 0.231. The molecule has 4 rings (SSSR count). The maximum atomic E-state index is 13.0. The number of ether oxygens (including phenoxy) is 3. The number of benzene rings is 3. The van der Waals surface area contributed by atoms with Gasteiger partial charge in [0.25, 0.3) is 0 Å². The summed E-state index contributed by atoms with van der Waals surface area (Å²) in [6.07, 6.45) is 0.120. The van der Waals surface area contributed by atoms with Gasteiger partial charge in [0.15, 0.2) is 11.5 Å². The van der Waals surface area contributed by atoms with E-state index in [0.717, 1.165) is 22.4 Å². The van der Waals surface area contributed by atoms with Crippen molar-refractivity contribution in [1.29, 1.82) is 0 Å². The first-order valence-electron chi connectivity index (χ1n) is 11.2. The molecular weight excluding hydrogens is 446 g/mol. The van der Waals surface area contributed by atoms with Gasteiger partial charge in [-0.25, -0.2) is 4.99 Å². The van der Waals surface area contributed by atoms with Crippen molar-refractivity contribution in [2.45, 2.75) is 19.9 Å². The Labute approximate surface area is 203 Å². The zero-order valence-corrected chi connectivity index (χ0v) is 19.9. The van der Waals surface area contributed by atoms with Crippen LogP contribution in [0.1, 0.15) is 18.1 Å². The molecule has 0 aliphatic heterocycles. The van der Waals surface area contributed by atoms with Crippen molar-refractivity contribution in [2.24, 2.45) is 4.99 Å². The maximum absolute atomic E-state index is 13.0. The molecule has 1 N–H and O–H groups in total. The number of amides is 1. The van der Waals surface area contributed by atoms with Crippen LogP contribution in [0.2, 0.25) is 0 Å². The van der Waals surface area contributed by atoms with Gasteiger partial charge in [-0.1, -0.05) is 35.5 Å². The van der Waals surface area contributed by atoms with Crippen LogP contribution in [0.25, 0.3) is 11.0 Å². The molecule has 35 heavy (non-hydrogen) atoms. The standard InChI is InChI=1S/C26H27N5O4/c1-4-35-20-12-9-18(10-13-20)17-27-26(31-22-8-6-5-7-21(22)29-30-31)28-25(32)16-19-11-14-23(33-2)24(15-19)34-3/h5-15H,4,16-17H2,1-3H3,(H,27,28,32). The van der Waals surface area contributed by atoms with E-state index >= 15 is 0 Å². The molecular formula is C26H27N5O4. The normalized spacial score (nSPS) is 11.3. The van der Waals surface area contributed by atoms with Gasteiger partial charge in [0.2, 0.25) is 11.9 Å². The van der Waals surface area contributed by atoms with Crippen molar-refractivity contribution >= 4 is 22.9 Å². The number of aromatic nitrogens is 3. The van der Waals surface area contributed by atoms with E-state index in [1.807, 2.05) is 61.5 Å². The van der Waals surface area contributed by atoms with E-state index in [1.54, 1.807) is 26.4 Å². The summed E-state index contributed by atoms with van der Waals surface area (Å²) in [5.74, 6) is 2.00. The van der Waals surface area contributed by atoms with Crippen molar-refractivity contribution in [1.82, 2.24) is 20.3 Å². The summed E-state index contributed by atoms with van der Waals surface area (Å²) in [5.41, 5.74) is 3.18. The maximum Gasteiger partial charge on any atom is 0.231 e. The van der Waals surface area contributed by atoms with Crippen LogP contribution in [0, 0.1) is 0 Å². The summed E-state index contributed by atoms with van der Waals surface area (Å²) in [4.78, 5) is 17.7. The van der Waals surface area contributed by atoms with Gasteiger partial charge in [-0.3, -0.25) is 10.1 Å². The van der Waals surface area contributed by atoms with Crippen LogP contribution in [-0.4, -0.2) is 47.7 Å². The molecule has 0 bridgehead atoms. The molecule has 0 aliphatic rings. The first kappa shape index (κ1) is 23.7. The Morgan fingerprint density at radius 2 is 1.71 bits per heavy atom. The first-order valence-corrected chi connectivity index (χ1v) is 11.2. The van der Waals surface area contributed by atoms with Crippen molar-refractivity contribution in [3.8, 4) is 17.2 Å². The number of carbonyl (C=O) groups excluding carboxylic acids is 1. The highest BCUT2D eigenvalue weighted by molar-refractivity contribution is 6.01. The number of hydrogen-bond donors (Lipinski definition) is 1. The molecule has 0 unspecified atom stereocenters. The van der Waals surface area contributed by atoms with Crippen LogP contribution < -0.4 is 19.5 Å². The zero-order valence-electron chi connectivity index (χ0n) is 19.9. The molecule has 3 aromatic carbocycles. The molecule has 0 spiro atoms. The predicted molar refractivity (Wildman–Crippen MR) is 133 cm³/mol. The number of fused-ring (bicyclic) bond motifs is 1. The molecule has 0 saturated heterocycles. The third-order valence-electron chi connectivity index (χ3n) is 5.26. The number of para-hydroxylation sites is 1. The molecule has 1 amide bonds. The SMILES string of the molecule is CCOc1ccc(CN=C(NC(=O)Cc2ccc(OC)c(OC)c2)n2nnc3ccccc32)cc1. The van der Waals surface area contributed by atoms with Crippen LogP contribution in [0.15, 0.2) is 71.7 Å². The summed E-state index contributed by atoms with van der Waals surface area (Å²) in [6.45, 7) is 2.89. The van der Waals surface area contributed by atoms with E-state index in [2.05, 4.69) is 20.6 Å². The first-order chi connectivity index (χ1) is 17.1. The monoisotopic (exact) mass is 473 g/mol. The van der Waals surface area contributed by atoms with Crippen molar-refractivity contribution in [3.05, 3.63) is 77.9 Å². The fourth-order valence-electron chi connectivity index (χ4n) is 3.55. The summed E-state index contributed by atoms with van der Waals surface area (Å²) < 4.78 is 17.7. The molecule has 1 aromatic heterocycles. The summed E-state index contributed by atoms with van der Waals surface area (Å²) in [6, 6.07) is 20.6. The van der Waals surface area contributed by atoms with Crippen LogP contribution in [-0.2, 0) is 17.8 Å². The lowest BCUT2D eigenvalue weighted by Gasteiger charge is -2.12. The molecule has 180 valence electrons. The highest BCUT2D eigenvalue weighted by atomic mass is 16.5. The van der Waals surface area contributed by atoms with Crippen LogP contribution in [0.3, 0.4) is 0 Å². The van der Waals surface area contributed by atoms with Crippen LogP contribution in [0.4, 0.5) is 0 Å². The van der Waals surface area contributed by atoms with Crippen molar-refractivity contribution < 1.29 is 19.0 Å². The minimum Gasteiger partial charge on any atom is -0.494 e. The molecule has 0 atom stereocenters. The Hall–Kier alpha value is -4.40. The topological polar surface area (TPSA) is 99.9 Å². The minimum atomic E-state index is -0.248. The third-order valence-corrected chi connectivity index (χ3v) is 5.26. The number of rotatable bonds is 8. The molecule has 0 aliphatic carbocycles. The Kier molecular flexibility index (Phi) is 7.57. The number of carbonyl (C=O) groups is 1. The quantitative estimate of drug-likeness (QED) is 0.310. The Morgan fingerprint density at radius 3 is 2.46 bits per heavy atom. The predicted octanol–water partition coefficient (Wildman–Crippen LogP) is 3.61. The molecule has 9 nitrogen and oxygen atoms in total. The highest BCUT2D eigenvalue weighted by Gasteiger charge is 2.15. The second-order valence-corrected chi connectivity index (χ2v) is 7.62. The second-order valence-electron chi connectivity index (χ2n) is 7.62. The van der Waals surface area contributed by atoms with Crippen LogP contribution >= 0.6 is 0 Å². The Balaban J connectivity index is 1.58. The molecule has 0 saturated carbocycles. The van der Waals surface area contributed by atoms with Gasteiger partial charge in [0, 0.05) is 0 Å². The van der Waals surface area contributed by atoms with E-state index in [4.69, 9.17) is 14.2 Å². The van der Waals surface area contributed by atoms with Gasteiger partial charge in [-0.2, -0.15) is 4.68 Å². The van der Waals surface area contributed by atoms with Gasteiger partial charge in [-0.05, 0) is 54.4 Å². The Bertz CT molecular complexity index is 1330. The van der Waals surface area contributed by atoms with E-state index in [9.17, 15) is 4.79 Å². The van der Waals surface area contributed by atoms with Crippen LogP contribution in [0.5, 0.6) is 17.2 Å². The van der Waals surface area contributed by atoms with E-state index in [1.165, 1.54) is 4.68 Å². The third kappa shape index (κ3) is 5.75. The summed E-state index contributed by atoms with van der Waals surface area (Å²) in [7, 11) is 3.13. The van der Waals surface area contributed by atoms with Gasteiger partial charge >= 0.3 is 0 Å². The molecule has 1 heterocycles. The Morgan fingerprint density at radius 1 is 0.971 bits per heavy atom. The van der Waals surface area contributed by atoms with Crippen molar-refractivity contribution in [2.75, 3.05) is 20.8 Å². The van der Waals surface area contributed by atoms with Crippen molar-refractivity contribution in [3.63, 3.8) is 0 Å².